The predicted molar refractivity (Wildman–Crippen MR) is 97.4 cm³/mol. The van der Waals surface area contributed by atoms with Gasteiger partial charge in [-0.2, -0.15) is 4.31 Å². The normalized spacial score (nSPS) is 13.0. The van der Waals surface area contributed by atoms with E-state index in [0.29, 0.717) is 5.02 Å². The van der Waals surface area contributed by atoms with E-state index in [2.05, 4.69) is 0 Å². The molecule has 0 fully saturated rings. The summed E-state index contributed by atoms with van der Waals surface area (Å²) in [5.41, 5.74) is 2.48. The predicted octanol–water partition coefficient (Wildman–Crippen LogP) is 3.27. The van der Waals surface area contributed by atoms with Gasteiger partial charge in [0.05, 0.1) is 4.90 Å². The molecule has 0 saturated carbocycles. The molecule has 0 amide bonds. The van der Waals surface area contributed by atoms with E-state index in [1.165, 1.54) is 19.2 Å². The van der Waals surface area contributed by atoms with Crippen LogP contribution >= 0.6 is 11.6 Å². The molecule has 2 aromatic carbocycles. The molecular weight excluding hydrogens is 362 g/mol. The minimum absolute atomic E-state index is 0.0555. The summed E-state index contributed by atoms with van der Waals surface area (Å²) in [5, 5.41) is 10.1. The van der Waals surface area contributed by atoms with Crippen molar-refractivity contribution >= 4 is 27.6 Å². The highest BCUT2D eigenvalue weighted by atomic mass is 35.5. The number of halogens is 1. The highest BCUT2D eigenvalue weighted by Gasteiger charge is 2.33. The Morgan fingerprint density at radius 1 is 1.16 bits per heavy atom. The fraction of sp³-hybridized carbons (Fsp3) is 0.278. The van der Waals surface area contributed by atoms with E-state index < -0.39 is 22.0 Å². The molecule has 0 aliphatic heterocycles. The Bertz CT molecular complexity index is 878. The molecule has 0 bridgehead atoms. The molecular formula is C18H20ClNO4S. The molecule has 2 rings (SSSR count). The van der Waals surface area contributed by atoms with Crippen LogP contribution in [0, 0.1) is 13.8 Å². The van der Waals surface area contributed by atoms with E-state index in [1.54, 1.807) is 30.3 Å². The van der Waals surface area contributed by atoms with Crippen LogP contribution in [-0.4, -0.2) is 36.9 Å². The average molecular weight is 382 g/mol. The number of hydrogen-bond donors (Lipinski definition) is 1. The van der Waals surface area contributed by atoms with Gasteiger partial charge in [-0.15, -0.1) is 0 Å². The van der Waals surface area contributed by atoms with Crippen molar-refractivity contribution in [1.29, 1.82) is 0 Å². The third-order valence-corrected chi connectivity index (χ3v) is 6.26. The molecule has 0 radical (unpaired) electrons. The number of nitrogens with zero attached hydrogens (tertiary/aromatic N) is 1. The molecule has 1 atom stereocenters. The lowest BCUT2D eigenvalue weighted by Crippen LogP contribution is -2.43. The van der Waals surface area contributed by atoms with E-state index in [4.69, 9.17) is 11.6 Å². The Morgan fingerprint density at radius 3 is 2.28 bits per heavy atom. The summed E-state index contributed by atoms with van der Waals surface area (Å²) in [7, 11) is -2.62. The zero-order chi connectivity index (χ0) is 18.8. The Labute approximate surface area is 152 Å². The van der Waals surface area contributed by atoms with E-state index in [0.717, 1.165) is 21.0 Å². The number of aryl methyl sites for hydroxylation is 2. The van der Waals surface area contributed by atoms with Gasteiger partial charge in [-0.05, 0) is 55.7 Å². The molecule has 1 unspecified atom stereocenters. The number of benzene rings is 2. The van der Waals surface area contributed by atoms with E-state index in [-0.39, 0.29) is 11.3 Å². The molecule has 0 aliphatic rings. The Kier molecular flexibility index (Phi) is 5.87. The third-order valence-electron chi connectivity index (χ3n) is 4.14. The van der Waals surface area contributed by atoms with Crippen LogP contribution in [0.3, 0.4) is 0 Å². The van der Waals surface area contributed by atoms with Crippen LogP contribution in [0.5, 0.6) is 0 Å². The van der Waals surface area contributed by atoms with Gasteiger partial charge in [0.25, 0.3) is 0 Å². The molecule has 0 saturated heterocycles. The second-order valence-electron chi connectivity index (χ2n) is 5.96. The van der Waals surface area contributed by atoms with Crippen LogP contribution in [0.1, 0.15) is 16.7 Å². The van der Waals surface area contributed by atoms with Gasteiger partial charge in [-0.1, -0.05) is 35.4 Å². The lowest BCUT2D eigenvalue weighted by Gasteiger charge is -2.25. The van der Waals surface area contributed by atoms with Crippen LogP contribution in [0.2, 0.25) is 5.02 Å². The van der Waals surface area contributed by atoms with Crippen LogP contribution in [0.15, 0.2) is 47.4 Å². The monoisotopic (exact) mass is 381 g/mol. The number of carbonyl (C=O) groups is 1. The topological polar surface area (TPSA) is 74.7 Å². The molecule has 1 N–H and O–H groups in total. The van der Waals surface area contributed by atoms with Gasteiger partial charge >= 0.3 is 5.97 Å². The summed E-state index contributed by atoms with van der Waals surface area (Å²) in [4.78, 5) is 11.8. The summed E-state index contributed by atoms with van der Waals surface area (Å²) in [6.07, 6.45) is 0.0555. The van der Waals surface area contributed by atoms with Crippen LogP contribution in [0.4, 0.5) is 0 Å². The Hall–Kier alpha value is -1.89. The average Bonchev–Trinajstić information content (AvgIpc) is 2.53. The molecule has 5 nitrogen and oxygen atoms in total. The van der Waals surface area contributed by atoms with Crippen molar-refractivity contribution in [2.24, 2.45) is 0 Å². The molecule has 7 heteroatoms. The molecule has 0 aromatic heterocycles. The van der Waals surface area contributed by atoms with Crippen molar-refractivity contribution < 1.29 is 18.3 Å². The first-order valence-electron chi connectivity index (χ1n) is 7.65. The smallest absolute Gasteiger partial charge is 0.322 e. The van der Waals surface area contributed by atoms with Crippen LogP contribution < -0.4 is 0 Å². The lowest BCUT2D eigenvalue weighted by atomic mass is 10.0. The number of sulfonamides is 1. The minimum Gasteiger partial charge on any atom is -0.480 e. The molecule has 0 spiro atoms. The fourth-order valence-electron chi connectivity index (χ4n) is 2.51. The van der Waals surface area contributed by atoms with Crippen LogP contribution in [0.25, 0.3) is 0 Å². The molecule has 25 heavy (non-hydrogen) atoms. The van der Waals surface area contributed by atoms with Crippen molar-refractivity contribution in [3.8, 4) is 0 Å². The van der Waals surface area contributed by atoms with E-state index in [1.807, 2.05) is 13.8 Å². The van der Waals surface area contributed by atoms with E-state index in [9.17, 15) is 18.3 Å². The zero-order valence-electron chi connectivity index (χ0n) is 14.2. The first-order valence-corrected chi connectivity index (χ1v) is 9.47. The van der Waals surface area contributed by atoms with Gasteiger partial charge < -0.3 is 5.11 Å². The Morgan fingerprint density at radius 2 is 1.76 bits per heavy atom. The highest BCUT2D eigenvalue weighted by molar-refractivity contribution is 7.89. The maximum atomic E-state index is 12.8. The van der Waals surface area contributed by atoms with Crippen molar-refractivity contribution in [2.75, 3.05) is 7.05 Å². The van der Waals surface area contributed by atoms with Crippen LogP contribution in [-0.2, 0) is 21.2 Å². The number of hydrogen-bond acceptors (Lipinski definition) is 3. The fourth-order valence-corrected chi connectivity index (χ4v) is 4.05. The van der Waals surface area contributed by atoms with Gasteiger partial charge in [-0.3, -0.25) is 4.79 Å². The number of rotatable bonds is 6. The second kappa shape index (κ2) is 7.56. The highest BCUT2D eigenvalue weighted by Crippen LogP contribution is 2.22. The lowest BCUT2D eigenvalue weighted by molar-refractivity contribution is -0.141. The SMILES string of the molecule is Cc1ccc(S(=O)(=O)N(C)C(Cc2ccc(Cl)cc2C)C(=O)O)cc1. The van der Waals surface area contributed by atoms with E-state index >= 15 is 0 Å². The van der Waals surface area contributed by atoms with Crippen molar-refractivity contribution in [3.05, 3.63) is 64.2 Å². The van der Waals surface area contributed by atoms with Gasteiger partial charge in [0.15, 0.2) is 0 Å². The number of carboxylic acids is 1. The van der Waals surface area contributed by atoms with Crippen molar-refractivity contribution in [3.63, 3.8) is 0 Å². The van der Waals surface area contributed by atoms with Crippen molar-refractivity contribution in [2.45, 2.75) is 31.2 Å². The molecule has 2 aromatic rings. The number of carboxylic acid groups (broad SMARTS) is 1. The third kappa shape index (κ3) is 4.39. The van der Waals surface area contributed by atoms with Gasteiger partial charge in [0.2, 0.25) is 10.0 Å². The quantitative estimate of drug-likeness (QED) is 0.833. The minimum atomic E-state index is -3.91. The summed E-state index contributed by atoms with van der Waals surface area (Å²) < 4.78 is 26.4. The van der Waals surface area contributed by atoms with Gasteiger partial charge in [-0.25, -0.2) is 8.42 Å². The largest absolute Gasteiger partial charge is 0.480 e. The Balaban J connectivity index is 2.35. The zero-order valence-corrected chi connectivity index (χ0v) is 15.8. The first kappa shape index (κ1) is 19.4. The second-order valence-corrected chi connectivity index (χ2v) is 8.40. The summed E-state index contributed by atoms with van der Waals surface area (Å²) in [6, 6.07) is 10.2. The molecule has 0 heterocycles. The standard InChI is InChI=1S/C18H20ClNO4S/c1-12-4-8-16(9-5-12)25(23,24)20(3)17(18(21)22)11-14-6-7-15(19)10-13(14)2/h4-10,17H,11H2,1-3H3,(H,21,22). The summed E-state index contributed by atoms with van der Waals surface area (Å²) >= 11 is 5.92. The molecule has 0 aliphatic carbocycles. The number of aliphatic carboxylic acids is 1. The summed E-state index contributed by atoms with van der Waals surface area (Å²) in [5.74, 6) is -1.20. The van der Waals surface area contributed by atoms with Gasteiger partial charge in [0, 0.05) is 12.1 Å². The van der Waals surface area contributed by atoms with Crippen molar-refractivity contribution in [1.82, 2.24) is 4.31 Å². The summed E-state index contributed by atoms with van der Waals surface area (Å²) in [6.45, 7) is 3.66. The first-order chi connectivity index (χ1) is 11.6. The number of likely N-dealkylation sites (N-methyl/N-ethyl adjacent to an activating group) is 1. The maximum absolute atomic E-state index is 12.8. The molecule has 134 valence electrons. The maximum Gasteiger partial charge on any atom is 0.322 e. The van der Waals surface area contributed by atoms with Gasteiger partial charge in [0.1, 0.15) is 6.04 Å².